The number of H-pyrrole nitrogens is 2. The van der Waals surface area contributed by atoms with E-state index in [1.165, 1.54) is 0 Å². The molecule has 0 radical (unpaired) electrons. The maximum atomic E-state index is 12.3. The fourth-order valence-electron chi connectivity index (χ4n) is 5.78. The Balaban J connectivity index is 1.89. The highest BCUT2D eigenvalue weighted by Crippen LogP contribution is 2.28. The Morgan fingerprint density at radius 3 is 1.98 bits per heavy atom. The molecule has 0 aromatic carbocycles. The van der Waals surface area contributed by atoms with Crippen molar-refractivity contribution in [1.82, 2.24) is 15.3 Å². The molecule has 226 valence electrons. The summed E-state index contributed by atoms with van der Waals surface area (Å²) in [4.78, 5) is 58.6. The van der Waals surface area contributed by atoms with Crippen molar-refractivity contribution in [3.63, 3.8) is 0 Å². The first kappa shape index (κ1) is 31.2. The number of allylic oxidation sites excluding steroid dienone is 2. The van der Waals surface area contributed by atoms with Crippen LogP contribution < -0.4 is 16.0 Å². The van der Waals surface area contributed by atoms with Crippen molar-refractivity contribution < 1.29 is 29.4 Å². The molecule has 0 saturated carbocycles. The van der Waals surface area contributed by atoms with Crippen LogP contribution in [0.15, 0.2) is 33.0 Å². The lowest BCUT2D eigenvalue weighted by molar-refractivity contribution is -0.138. The molecular formula is C33H38N4O6. The standard InChI is InChI=1S/C33H38N4O6/c1-7-20-18(5)32(42)36-26(20)14-28-22(9-11-30(38)39)16(3)24(34-28)13-25-17(4)23(10-12-31(40)41)29(35-25)15-27-21(8-2)19(6)33(43)37-27/h13-15,34-35H,7-12H2,1-6H3,(H,36,42)(H,38,39)(H,40,41)/b25-13+,26-14-,29-15-. The predicted octanol–water partition coefficient (Wildman–Crippen LogP) is 3.51. The first-order valence-corrected chi connectivity index (χ1v) is 14.5. The third-order valence-electron chi connectivity index (χ3n) is 8.32. The zero-order chi connectivity index (χ0) is 31.6. The topological polar surface area (TPSA) is 165 Å². The van der Waals surface area contributed by atoms with Crippen LogP contribution in [0.3, 0.4) is 0 Å². The van der Waals surface area contributed by atoms with Crippen molar-refractivity contribution in [2.45, 2.75) is 80.1 Å². The Labute approximate surface area is 249 Å². The van der Waals surface area contributed by atoms with Gasteiger partial charge >= 0.3 is 11.9 Å². The number of carbonyl (C=O) groups excluding carboxylic acids is 2. The molecule has 0 atom stereocenters. The van der Waals surface area contributed by atoms with Gasteiger partial charge in [0.2, 0.25) is 0 Å². The summed E-state index contributed by atoms with van der Waals surface area (Å²) in [6.07, 6.45) is 7.40. The van der Waals surface area contributed by atoms with Crippen LogP contribution in [-0.4, -0.2) is 49.6 Å². The number of hydrogen-bond donors (Lipinski definition) is 5. The largest absolute Gasteiger partial charge is 0.481 e. The third-order valence-corrected chi connectivity index (χ3v) is 8.32. The summed E-state index contributed by atoms with van der Waals surface area (Å²) in [6, 6.07) is 0. The van der Waals surface area contributed by atoms with Crippen molar-refractivity contribution in [2.75, 3.05) is 0 Å². The average Bonchev–Trinajstić information content (AvgIpc) is 3.59. The summed E-state index contributed by atoms with van der Waals surface area (Å²) in [6.45, 7) is 11.3. The van der Waals surface area contributed by atoms with Gasteiger partial charge < -0.3 is 25.5 Å². The normalized spacial score (nSPS) is 17.2. The number of carbonyl (C=O) groups is 4. The number of aliphatic carboxylic acids is 2. The summed E-state index contributed by atoms with van der Waals surface area (Å²) < 4.78 is 0. The van der Waals surface area contributed by atoms with Gasteiger partial charge in [-0.1, -0.05) is 13.8 Å². The number of carboxylic acid groups (broad SMARTS) is 2. The number of amides is 2. The number of nitrogens with one attached hydrogen (secondary N) is 3. The number of nitrogens with zero attached hydrogens (tertiary/aromatic N) is 1. The van der Waals surface area contributed by atoms with Crippen molar-refractivity contribution in [3.05, 3.63) is 72.3 Å². The SMILES string of the molecule is CCC1=C(C)C(=O)N=C1/C=c1\[nH]/c(=C/c2[nH]c(/C=C3\NC(=O)C(C)=C3CC)c(CCC(=O)O)c2C)c(C)c1CCC(=O)O. The molecule has 2 aromatic rings. The van der Waals surface area contributed by atoms with Crippen LogP contribution in [0.1, 0.15) is 87.0 Å². The monoisotopic (exact) mass is 586 g/mol. The zero-order valence-electron chi connectivity index (χ0n) is 25.4. The molecule has 0 fully saturated rings. The van der Waals surface area contributed by atoms with Crippen molar-refractivity contribution >= 4 is 47.7 Å². The molecule has 10 nitrogen and oxygen atoms in total. The minimum Gasteiger partial charge on any atom is -0.481 e. The van der Waals surface area contributed by atoms with E-state index in [-0.39, 0.29) is 24.7 Å². The average molecular weight is 587 g/mol. The van der Waals surface area contributed by atoms with Gasteiger partial charge in [-0.25, -0.2) is 4.99 Å². The molecule has 2 aliphatic rings. The van der Waals surface area contributed by atoms with E-state index < -0.39 is 11.9 Å². The molecule has 2 amide bonds. The maximum Gasteiger partial charge on any atom is 0.303 e. The van der Waals surface area contributed by atoms with E-state index in [1.54, 1.807) is 13.8 Å². The Hall–Kier alpha value is -4.73. The number of aromatic nitrogens is 2. The van der Waals surface area contributed by atoms with Gasteiger partial charge in [-0.3, -0.25) is 19.2 Å². The summed E-state index contributed by atoms with van der Waals surface area (Å²) in [7, 11) is 0. The lowest BCUT2D eigenvalue weighted by atomic mass is 10.0. The van der Waals surface area contributed by atoms with Gasteiger partial charge in [-0.05, 0) is 105 Å². The van der Waals surface area contributed by atoms with Gasteiger partial charge in [-0.2, -0.15) is 0 Å². The van der Waals surface area contributed by atoms with Crippen molar-refractivity contribution in [1.29, 1.82) is 0 Å². The lowest BCUT2D eigenvalue weighted by Gasteiger charge is -2.05. The van der Waals surface area contributed by atoms with Crippen LogP contribution in [-0.2, 0) is 32.0 Å². The van der Waals surface area contributed by atoms with E-state index in [0.717, 1.165) is 50.1 Å². The third kappa shape index (κ3) is 6.38. The number of aliphatic imine (C=N–C) groups is 1. The number of rotatable bonds is 11. The van der Waals surface area contributed by atoms with E-state index >= 15 is 0 Å². The highest BCUT2D eigenvalue weighted by atomic mass is 16.4. The van der Waals surface area contributed by atoms with Crippen LogP contribution in [0.2, 0.25) is 0 Å². The minimum atomic E-state index is -0.911. The van der Waals surface area contributed by atoms with Crippen LogP contribution in [0, 0.1) is 13.8 Å². The summed E-state index contributed by atoms with van der Waals surface area (Å²) in [5, 5.41) is 23.2. The van der Waals surface area contributed by atoms with Crippen LogP contribution in [0.4, 0.5) is 0 Å². The van der Waals surface area contributed by atoms with Crippen LogP contribution >= 0.6 is 0 Å². The second kappa shape index (κ2) is 12.6. The minimum absolute atomic E-state index is 0.0519. The summed E-state index contributed by atoms with van der Waals surface area (Å²) in [5.41, 5.74) is 9.21. The van der Waals surface area contributed by atoms with Gasteiger partial charge in [0.25, 0.3) is 11.8 Å². The Morgan fingerprint density at radius 1 is 0.744 bits per heavy atom. The number of carboxylic acids is 2. The molecule has 0 bridgehead atoms. The van der Waals surface area contributed by atoms with E-state index in [9.17, 15) is 29.4 Å². The molecule has 4 rings (SSSR count). The fourth-order valence-corrected chi connectivity index (χ4v) is 5.78. The van der Waals surface area contributed by atoms with Crippen LogP contribution in [0.5, 0.6) is 0 Å². The van der Waals surface area contributed by atoms with Gasteiger partial charge in [0.15, 0.2) is 0 Å². The quantitative estimate of drug-likeness (QED) is 0.270. The molecule has 2 aromatic heterocycles. The summed E-state index contributed by atoms with van der Waals surface area (Å²) >= 11 is 0. The van der Waals surface area contributed by atoms with Crippen LogP contribution in [0.25, 0.3) is 18.2 Å². The molecule has 0 unspecified atom stereocenters. The Morgan fingerprint density at radius 2 is 1.37 bits per heavy atom. The molecule has 4 heterocycles. The predicted molar refractivity (Wildman–Crippen MR) is 165 cm³/mol. The summed E-state index contributed by atoms with van der Waals surface area (Å²) in [5.74, 6) is -2.23. The van der Waals surface area contributed by atoms with Gasteiger partial charge in [0.05, 0.1) is 5.71 Å². The van der Waals surface area contributed by atoms with Gasteiger partial charge in [0, 0.05) is 51.8 Å². The zero-order valence-corrected chi connectivity index (χ0v) is 25.4. The van der Waals surface area contributed by atoms with Gasteiger partial charge in [-0.15, -0.1) is 0 Å². The molecule has 10 heteroatoms. The first-order valence-electron chi connectivity index (χ1n) is 14.5. The Bertz CT molecular complexity index is 1790. The van der Waals surface area contributed by atoms with Gasteiger partial charge in [0.1, 0.15) is 0 Å². The lowest BCUT2D eigenvalue weighted by Crippen LogP contribution is -2.15. The molecular weight excluding hydrogens is 548 g/mol. The number of aromatic amines is 2. The first-order chi connectivity index (χ1) is 20.4. The van der Waals surface area contributed by atoms with E-state index in [4.69, 9.17) is 0 Å². The molecule has 43 heavy (non-hydrogen) atoms. The van der Waals surface area contributed by atoms with Crippen molar-refractivity contribution in [2.24, 2.45) is 4.99 Å². The molecule has 2 aliphatic heterocycles. The highest BCUT2D eigenvalue weighted by molar-refractivity contribution is 6.30. The fraction of sp³-hybridized carbons (Fsp3) is 0.364. The second-order valence-electron chi connectivity index (χ2n) is 10.9. The van der Waals surface area contributed by atoms with Crippen molar-refractivity contribution in [3.8, 4) is 0 Å². The van der Waals surface area contributed by atoms with E-state index in [2.05, 4.69) is 20.3 Å². The molecule has 5 N–H and O–H groups in total. The molecule has 0 spiro atoms. The highest BCUT2D eigenvalue weighted by Gasteiger charge is 2.24. The number of hydrogen-bond acceptors (Lipinski definition) is 4. The molecule has 0 saturated heterocycles. The molecule has 0 aliphatic carbocycles. The maximum absolute atomic E-state index is 12.3. The smallest absolute Gasteiger partial charge is 0.303 e. The Kier molecular flexibility index (Phi) is 9.18. The van der Waals surface area contributed by atoms with E-state index in [0.29, 0.717) is 53.6 Å². The second-order valence-corrected chi connectivity index (χ2v) is 10.9. The van der Waals surface area contributed by atoms with E-state index in [1.807, 2.05) is 45.9 Å².